The number of aromatic nitrogens is 1. The van der Waals surface area contributed by atoms with E-state index in [0.717, 1.165) is 22.0 Å². The molecule has 0 aliphatic rings. The summed E-state index contributed by atoms with van der Waals surface area (Å²) in [5.41, 5.74) is 1.91. The first-order chi connectivity index (χ1) is 9.83. The van der Waals surface area contributed by atoms with Crippen molar-refractivity contribution >= 4 is 11.6 Å². The Morgan fingerprint density at radius 1 is 1.29 bits per heavy atom. The fraction of sp³-hybridized carbons (Fsp3) is 0.438. The summed E-state index contributed by atoms with van der Waals surface area (Å²) in [6, 6.07) is 7.47. The normalized spacial score (nSPS) is 11.7. The zero-order valence-corrected chi connectivity index (χ0v) is 13.6. The van der Waals surface area contributed by atoms with Crippen LogP contribution in [0.4, 0.5) is 0 Å². The third-order valence-electron chi connectivity index (χ3n) is 2.92. The van der Waals surface area contributed by atoms with Crippen LogP contribution < -0.4 is 10.1 Å². The zero-order valence-electron chi connectivity index (χ0n) is 12.9. The first-order valence-electron chi connectivity index (χ1n) is 6.92. The Balaban J connectivity index is 1.89. The maximum atomic E-state index is 5.98. The third-order valence-corrected chi connectivity index (χ3v) is 3.34. The molecule has 0 amide bonds. The Hall–Kier alpha value is -1.52. The van der Waals surface area contributed by atoms with Crippen molar-refractivity contribution in [1.82, 2.24) is 10.5 Å². The molecule has 2 aromatic rings. The van der Waals surface area contributed by atoms with E-state index in [1.165, 1.54) is 0 Å². The number of rotatable bonds is 5. The smallest absolute Gasteiger partial charge is 0.174 e. The maximum absolute atomic E-state index is 5.98. The van der Waals surface area contributed by atoms with E-state index in [4.69, 9.17) is 20.9 Å². The molecule has 114 valence electrons. The summed E-state index contributed by atoms with van der Waals surface area (Å²) >= 11 is 5.98. The molecule has 2 rings (SSSR count). The number of hydrogen-bond acceptors (Lipinski definition) is 4. The standard InChI is InChI=1S/C16H21ClN2O2/c1-11-7-13(5-6-15(11)17)20-10-14-8-12(19-21-14)9-18-16(2,3)4/h5-8,18H,9-10H2,1-4H3. The van der Waals surface area contributed by atoms with Gasteiger partial charge in [0.2, 0.25) is 0 Å². The second-order valence-corrected chi connectivity index (χ2v) is 6.49. The van der Waals surface area contributed by atoms with Crippen molar-refractivity contribution in [3.63, 3.8) is 0 Å². The quantitative estimate of drug-likeness (QED) is 0.903. The van der Waals surface area contributed by atoms with Crippen molar-refractivity contribution < 1.29 is 9.26 Å². The van der Waals surface area contributed by atoms with E-state index in [9.17, 15) is 0 Å². The van der Waals surface area contributed by atoms with Gasteiger partial charge < -0.3 is 14.6 Å². The summed E-state index contributed by atoms with van der Waals surface area (Å²) in [5.74, 6) is 1.47. The van der Waals surface area contributed by atoms with Crippen LogP contribution in [0.5, 0.6) is 5.75 Å². The molecule has 0 saturated carbocycles. The molecule has 4 nitrogen and oxygen atoms in total. The van der Waals surface area contributed by atoms with Gasteiger partial charge in [-0.3, -0.25) is 0 Å². The highest BCUT2D eigenvalue weighted by Gasteiger charge is 2.11. The fourth-order valence-electron chi connectivity index (χ4n) is 1.72. The van der Waals surface area contributed by atoms with Gasteiger partial charge in [0.15, 0.2) is 5.76 Å². The number of benzene rings is 1. The molecule has 1 N–H and O–H groups in total. The molecule has 1 aromatic heterocycles. The Bertz CT molecular complexity index is 603. The Kier molecular flexibility index (Phi) is 4.91. The van der Waals surface area contributed by atoms with Crippen molar-refractivity contribution in [2.45, 2.75) is 46.4 Å². The van der Waals surface area contributed by atoms with Crippen molar-refractivity contribution in [2.24, 2.45) is 0 Å². The van der Waals surface area contributed by atoms with Gasteiger partial charge in [-0.25, -0.2) is 0 Å². The van der Waals surface area contributed by atoms with Crippen LogP contribution in [-0.4, -0.2) is 10.7 Å². The first kappa shape index (κ1) is 15.9. The molecule has 0 unspecified atom stereocenters. The van der Waals surface area contributed by atoms with E-state index in [-0.39, 0.29) is 5.54 Å². The van der Waals surface area contributed by atoms with Crippen LogP contribution in [0.25, 0.3) is 0 Å². The number of nitrogens with one attached hydrogen (secondary N) is 1. The van der Waals surface area contributed by atoms with E-state index >= 15 is 0 Å². The highest BCUT2D eigenvalue weighted by molar-refractivity contribution is 6.31. The van der Waals surface area contributed by atoms with Gasteiger partial charge in [0.05, 0.1) is 5.69 Å². The molecular weight excluding hydrogens is 288 g/mol. The molecule has 0 radical (unpaired) electrons. The van der Waals surface area contributed by atoms with Gasteiger partial charge in [0.25, 0.3) is 0 Å². The molecule has 0 bridgehead atoms. The first-order valence-corrected chi connectivity index (χ1v) is 7.30. The highest BCUT2D eigenvalue weighted by Crippen LogP contribution is 2.22. The second kappa shape index (κ2) is 6.50. The molecule has 0 aliphatic heterocycles. The predicted octanol–water partition coefficient (Wildman–Crippen LogP) is 4.10. The van der Waals surface area contributed by atoms with E-state index < -0.39 is 0 Å². The number of nitrogens with zero attached hydrogens (tertiary/aromatic N) is 1. The number of halogens is 1. The second-order valence-electron chi connectivity index (χ2n) is 6.09. The summed E-state index contributed by atoms with van der Waals surface area (Å²) in [7, 11) is 0. The molecule has 0 atom stereocenters. The van der Waals surface area contributed by atoms with Crippen LogP contribution >= 0.6 is 11.6 Å². The number of aryl methyl sites for hydroxylation is 1. The molecule has 5 heteroatoms. The Morgan fingerprint density at radius 3 is 2.71 bits per heavy atom. The van der Waals surface area contributed by atoms with E-state index in [0.29, 0.717) is 18.9 Å². The van der Waals surface area contributed by atoms with Crippen LogP contribution in [0.3, 0.4) is 0 Å². The predicted molar refractivity (Wildman–Crippen MR) is 83.6 cm³/mol. The minimum atomic E-state index is 0.0520. The topological polar surface area (TPSA) is 47.3 Å². The van der Waals surface area contributed by atoms with Crippen LogP contribution in [0.1, 0.15) is 37.8 Å². The van der Waals surface area contributed by atoms with Crippen molar-refractivity contribution in [3.8, 4) is 5.75 Å². The molecular formula is C16H21ClN2O2. The van der Waals surface area contributed by atoms with Crippen LogP contribution in [-0.2, 0) is 13.2 Å². The lowest BCUT2D eigenvalue weighted by molar-refractivity contribution is 0.248. The van der Waals surface area contributed by atoms with Crippen LogP contribution in [0.15, 0.2) is 28.8 Å². The molecule has 0 saturated heterocycles. The summed E-state index contributed by atoms with van der Waals surface area (Å²) < 4.78 is 10.9. The van der Waals surface area contributed by atoms with Crippen molar-refractivity contribution in [3.05, 3.63) is 46.3 Å². The average molecular weight is 309 g/mol. The lowest BCUT2D eigenvalue weighted by Gasteiger charge is -2.19. The molecule has 1 aromatic carbocycles. The summed E-state index contributed by atoms with van der Waals surface area (Å²) in [6.07, 6.45) is 0. The summed E-state index contributed by atoms with van der Waals surface area (Å²) in [6.45, 7) is 9.30. The van der Waals surface area contributed by atoms with Gasteiger partial charge in [0.1, 0.15) is 12.4 Å². The molecule has 0 spiro atoms. The lowest BCUT2D eigenvalue weighted by atomic mass is 10.1. The minimum absolute atomic E-state index is 0.0520. The maximum Gasteiger partial charge on any atom is 0.174 e. The molecule has 1 heterocycles. The Labute approximate surface area is 130 Å². The van der Waals surface area contributed by atoms with Gasteiger partial charge in [-0.1, -0.05) is 16.8 Å². The average Bonchev–Trinajstić information content (AvgIpc) is 2.85. The van der Waals surface area contributed by atoms with Crippen LogP contribution in [0, 0.1) is 6.92 Å². The number of ether oxygens (including phenoxy) is 1. The van der Waals surface area contributed by atoms with Gasteiger partial charge in [-0.2, -0.15) is 0 Å². The van der Waals surface area contributed by atoms with Gasteiger partial charge >= 0.3 is 0 Å². The zero-order chi connectivity index (χ0) is 15.5. The SMILES string of the molecule is Cc1cc(OCc2cc(CNC(C)(C)C)no2)ccc1Cl. The minimum Gasteiger partial charge on any atom is -0.486 e. The lowest BCUT2D eigenvalue weighted by Crippen LogP contribution is -2.35. The summed E-state index contributed by atoms with van der Waals surface area (Å²) in [4.78, 5) is 0. The molecule has 0 fully saturated rings. The molecule has 0 aliphatic carbocycles. The van der Waals surface area contributed by atoms with Gasteiger partial charge in [-0.05, 0) is 51.5 Å². The third kappa shape index (κ3) is 5.06. The van der Waals surface area contributed by atoms with Gasteiger partial charge in [-0.15, -0.1) is 0 Å². The van der Waals surface area contributed by atoms with E-state index in [2.05, 4.69) is 31.2 Å². The van der Waals surface area contributed by atoms with E-state index in [1.807, 2.05) is 31.2 Å². The fourth-order valence-corrected chi connectivity index (χ4v) is 1.84. The highest BCUT2D eigenvalue weighted by atomic mass is 35.5. The van der Waals surface area contributed by atoms with Crippen molar-refractivity contribution in [2.75, 3.05) is 0 Å². The van der Waals surface area contributed by atoms with E-state index in [1.54, 1.807) is 0 Å². The van der Waals surface area contributed by atoms with Crippen molar-refractivity contribution in [1.29, 1.82) is 0 Å². The Morgan fingerprint density at radius 2 is 2.05 bits per heavy atom. The molecule has 21 heavy (non-hydrogen) atoms. The largest absolute Gasteiger partial charge is 0.486 e. The monoisotopic (exact) mass is 308 g/mol. The summed E-state index contributed by atoms with van der Waals surface area (Å²) in [5, 5.41) is 8.12. The van der Waals surface area contributed by atoms with Gasteiger partial charge in [0, 0.05) is 23.2 Å². The van der Waals surface area contributed by atoms with Crippen LogP contribution in [0.2, 0.25) is 5.02 Å². The number of hydrogen-bond donors (Lipinski definition) is 1.